The van der Waals surface area contributed by atoms with Gasteiger partial charge in [0.2, 0.25) is 29.5 Å². The summed E-state index contributed by atoms with van der Waals surface area (Å²) in [4.78, 5) is 113. The predicted octanol–water partition coefficient (Wildman–Crippen LogP) is 4.22. The third-order valence-electron chi connectivity index (χ3n) is 14.5. The first-order valence-electron chi connectivity index (χ1n) is 24.4. The average molecular weight is 951 g/mol. The van der Waals surface area contributed by atoms with Crippen molar-refractivity contribution in [3.63, 3.8) is 0 Å². The van der Waals surface area contributed by atoms with Gasteiger partial charge in [-0.1, -0.05) is 91.6 Å². The highest BCUT2D eigenvalue weighted by atomic mass is 16.5. The number of ether oxygens (including phenoxy) is 2. The van der Waals surface area contributed by atoms with E-state index < -0.39 is 66.1 Å². The Kier molecular flexibility index (Phi) is 20.3. The second kappa shape index (κ2) is 24.9. The lowest BCUT2D eigenvalue weighted by Crippen LogP contribution is -2.60. The van der Waals surface area contributed by atoms with Gasteiger partial charge in [0, 0.05) is 66.4 Å². The van der Waals surface area contributed by atoms with Crippen LogP contribution in [-0.2, 0) is 54.3 Å². The Morgan fingerprint density at radius 3 is 2.00 bits per heavy atom. The fraction of sp³-hybridized carbons (Fsp3) is 0.686. The monoisotopic (exact) mass is 951 g/mol. The number of imide groups is 1. The van der Waals surface area contributed by atoms with Crippen LogP contribution in [0, 0.1) is 29.1 Å². The molecule has 378 valence electrons. The Hall–Kier alpha value is -5.16. The zero-order chi connectivity index (χ0) is 50.6. The summed E-state index contributed by atoms with van der Waals surface area (Å²) in [7, 11) is 6.27. The van der Waals surface area contributed by atoms with Gasteiger partial charge in [0.25, 0.3) is 11.8 Å². The zero-order valence-corrected chi connectivity index (χ0v) is 42.2. The molecule has 1 aromatic carbocycles. The number of benzene rings is 1. The van der Waals surface area contributed by atoms with Crippen molar-refractivity contribution in [2.24, 2.45) is 29.1 Å². The van der Waals surface area contributed by atoms with Crippen molar-refractivity contribution < 1.29 is 52.9 Å². The fourth-order valence-electron chi connectivity index (χ4n) is 10.0. The predicted molar refractivity (Wildman–Crippen MR) is 255 cm³/mol. The number of aliphatic carboxylic acids is 1. The van der Waals surface area contributed by atoms with Gasteiger partial charge in [0.05, 0.1) is 36.6 Å². The van der Waals surface area contributed by atoms with Crippen molar-refractivity contribution in [1.29, 1.82) is 0 Å². The summed E-state index contributed by atoms with van der Waals surface area (Å²) < 4.78 is 12.1. The molecule has 2 fully saturated rings. The highest BCUT2D eigenvalue weighted by Gasteiger charge is 2.56. The number of carbonyl (C=O) groups is 8. The quantitative estimate of drug-likeness (QED) is 0.0840. The zero-order valence-electron chi connectivity index (χ0n) is 42.2. The minimum Gasteiger partial charge on any atom is -0.480 e. The molecule has 0 radical (unpaired) electrons. The molecule has 2 heterocycles. The molecule has 1 aliphatic carbocycles. The van der Waals surface area contributed by atoms with Gasteiger partial charge in [-0.15, -0.1) is 0 Å². The number of carboxylic acid groups (broad SMARTS) is 1. The topological polar surface area (TPSA) is 212 Å². The number of likely N-dealkylation sites (N-methyl/N-ethyl adjacent to an activating group) is 2. The number of amides is 7. The standard InChI is InChI=1S/C51H78N6O11/c1-12-33(6)45(55(9)49(64)43(31(2)3)53-48(63)44(32(4)5)54(8)39(58)21-17-14-18-26-56-40(59)22-23-41(56)60)38(67-10)28-42(61)57-30-51(24-25-51)29-37(57)46(68-11)34(7)47(62)52-36(50(65)66)27-35-19-15-13-16-20-35/h13,15-16,19-20,22-23,31-34,36-38,43-46H,12,14,17-18,21,24-30H2,1-11H3,(H,52,62)(H,53,63)(H,65,66)/t33-,34+,36-,37-,38?,43-,44-,45-,46+/m0/s1. The molecule has 68 heavy (non-hydrogen) atoms. The number of methoxy groups -OCH3 is 2. The molecule has 0 bridgehead atoms. The van der Waals surface area contributed by atoms with E-state index in [1.165, 1.54) is 36.2 Å². The molecular weight excluding hydrogens is 873 g/mol. The lowest BCUT2D eigenvalue weighted by atomic mass is 9.89. The molecule has 1 unspecified atom stereocenters. The number of nitrogens with one attached hydrogen (secondary N) is 2. The van der Waals surface area contributed by atoms with Crippen LogP contribution in [0.15, 0.2) is 42.5 Å². The molecular formula is C51H78N6O11. The lowest BCUT2D eigenvalue weighted by molar-refractivity contribution is -0.149. The first-order valence-corrected chi connectivity index (χ1v) is 24.4. The molecule has 1 saturated heterocycles. The SMILES string of the molecule is CC[C@H](C)[C@@H](C(CC(=O)N1CC2(CC2)C[C@H]1[C@H](OC)[C@@H](C)C(=O)N[C@@H](Cc1ccccc1)C(=O)O)OC)N(C)C(=O)[C@@H](NC(=O)[C@H](C(C)C)N(C)C(=O)CCCCCN1C(=O)C=CC1=O)C(C)C. The van der Waals surface area contributed by atoms with Crippen LogP contribution in [0.2, 0.25) is 0 Å². The number of rotatable bonds is 27. The molecule has 0 aromatic heterocycles. The first kappa shape index (κ1) is 55.4. The van der Waals surface area contributed by atoms with Crippen molar-refractivity contribution in [2.75, 3.05) is 41.4 Å². The fourth-order valence-corrected chi connectivity index (χ4v) is 10.0. The maximum atomic E-state index is 14.7. The highest BCUT2D eigenvalue weighted by Crippen LogP contribution is 2.56. The molecule has 1 spiro atoms. The molecule has 1 aromatic rings. The summed E-state index contributed by atoms with van der Waals surface area (Å²) in [6.07, 6.45) is 6.00. The number of unbranched alkanes of at least 4 members (excludes halogenated alkanes) is 2. The summed E-state index contributed by atoms with van der Waals surface area (Å²) in [5.41, 5.74) is 0.672. The Labute approximate surface area is 403 Å². The van der Waals surface area contributed by atoms with E-state index in [-0.39, 0.29) is 78.5 Å². The summed E-state index contributed by atoms with van der Waals surface area (Å²) in [6, 6.07) is 5.01. The van der Waals surface area contributed by atoms with Crippen LogP contribution < -0.4 is 10.6 Å². The van der Waals surface area contributed by atoms with Crippen molar-refractivity contribution in [3.05, 3.63) is 48.0 Å². The summed E-state index contributed by atoms with van der Waals surface area (Å²) in [5.74, 6) is -5.18. The Morgan fingerprint density at radius 2 is 1.47 bits per heavy atom. The van der Waals surface area contributed by atoms with Gasteiger partial charge in [-0.3, -0.25) is 38.5 Å². The van der Waals surface area contributed by atoms with E-state index in [9.17, 15) is 43.5 Å². The molecule has 3 N–H and O–H groups in total. The normalized spacial score (nSPS) is 19.9. The first-order chi connectivity index (χ1) is 32.1. The third kappa shape index (κ3) is 14.0. The molecule has 17 nitrogen and oxygen atoms in total. The number of carbonyl (C=O) groups excluding carboxylic acids is 7. The van der Waals surface area contributed by atoms with Gasteiger partial charge in [0.1, 0.15) is 18.1 Å². The molecule has 7 amide bonds. The number of hydrogen-bond donors (Lipinski definition) is 3. The minimum atomic E-state index is -1.16. The van der Waals surface area contributed by atoms with Gasteiger partial charge in [-0.2, -0.15) is 0 Å². The van der Waals surface area contributed by atoms with Crippen LogP contribution in [0.4, 0.5) is 0 Å². The smallest absolute Gasteiger partial charge is 0.326 e. The molecule has 9 atom stereocenters. The molecule has 17 heteroatoms. The van der Waals surface area contributed by atoms with Crippen LogP contribution in [0.1, 0.15) is 112 Å². The van der Waals surface area contributed by atoms with Crippen LogP contribution in [0.3, 0.4) is 0 Å². The summed E-state index contributed by atoms with van der Waals surface area (Å²) in [5, 5.41) is 15.7. The van der Waals surface area contributed by atoms with Crippen LogP contribution in [0.5, 0.6) is 0 Å². The van der Waals surface area contributed by atoms with Crippen molar-refractivity contribution in [3.8, 4) is 0 Å². The molecule has 1 saturated carbocycles. The van der Waals surface area contributed by atoms with Gasteiger partial charge < -0.3 is 39.9 Å². The molecule has 3 aliphatic rings. The van der Waals surface area contributed by atoms with Gasteiger partial charge in [0.15, 0.2) is 0 Å². The van der Waals surface area contributed by atoms with Crippen molar-refractivity contribution in [1.82, 2.24) is 30.2 Å². The third-order valence-corrected chi connectivity index (χ3v) is 14.5. The second-order valence-electron chi connectivity index (χ2n) is 20.1. The highest BCUT2D eigenvalue weighted by molar-refractivity contribution is 6.12. The Balaban J connectivity index is 1.45. The van der Waals surface area contributed by atoms with Crippen molar-refractivity contribution in [2.45, 2.75) is 155 Å². The maximum absolute atomic E-state index is 14.7. The van der Waals surface area contributed by atoms with Gasteiger partial charge in [-0.05, 0) is 60.8 Å². The van der Waals surface area contributed by atoms with Crippen LogP contribution in [0.25, 0.3) is 0 Å². The summed E-state index contributed by atoms with van der Waals surface area (Å²) >= 11 is 0. The van der Waals surface area contributed by atoms with E-state index >= 15 is 0 Å². The summed E-state index contributed by atoms with van der Waals surface area (Å²) in [6.45, 7) is 13.8. The van der Waals surface area contributed by atoms with E-state index in [0.717, 1.165) is 18.4 Å². The van der Waals surface area contributed by atoms with Crippen LogP contribution in [-0.4, -0.2) is 156 Å². The Morgan fingerprint density at radius 1 is 0.838 bits per heavy atom. The van der Waals surface area contributed by atoms with E-state index in [0.29, 0.717) is 38.6 Å². The number of nitrogens with zero attached hydrogens (tertiary/aromatic N) is 4. The number of carboxylic acids is 1. The van der Waals surface area contributed by atoms with E-state index in [2.05, 4.69) is 10.6 Å². The average Bonchev–Trinajstić information content (AvgIpc) is 3.85. The Bertz CT molecular complexity index is 1950. The maximum Gasteiger partial charge on any atom is 0.326 e. The van der Waals surface area contributed by atoms with Gasteiger partial charge in [-0.25, -0.2) is 4.79 Å². The number of hydrogen-bond acceptors (Lipinski definition) is 10. The van der Waals surface area contributed by atoms with Gasteiger partial charge >= 0.3 is 5.97 Å². The molecule has 2 aliphatic heterocycles. The van der Waals surface area contributed by atoms with Crippen LogP contribution >= 0.6 is 0 Å². The lowest BCUT2D eigenvalue weighted by Gasteiger charge is -2.41. The number of likely N-dealkylation sites (tertiary alicyclic amines) is 1. The largest absolute Gasteiger partial charge is 0.480 e. The van der Waals surface area contributed by atoms with E-state index in [1.54, 1.807) is 43.0 Å². The molecule has 4 rings (SSSR count). The van der Waals surface area contributed by atoms with E-state index in [1.807, 2.05) is 59.7 Å². The van der Waals surface area contributed by atoms with E-state index in [4.69, 9.17) is 9.47 Å². The van der Waals surface area contributed by atoms with Crippen molar-refractivity contribution >= 4 is 47.3 Å². The second-order valence-corrected chi connectivity index (χ2v) is 20.1. The minimum absolute atomic E-state index is 0.0718.